The van der Waals surface area contributed by atoms with Crippen LogP contribution in [0.1, 0.15) is 52.0 Å². The van der Waals surface area contributed by atoms with E-state index >= 15 is 0 Å². The molecular formula is C31H39N3O. The van der Waals surface area contributed by atoms with Crippen LogP contribution in [0, 0.1) is 6.92 Å². The van der Waals surface area contributed by atoms with Crippen molar-refractivity contribution in [2.24, 2.45) is 0 Å². The molecule has 0 bridgehead atoms. The molecule has 0 radical (unpaired) electrons. The molecule has 1 fully saturated rings. The van der Waals surface area contributed by atoms with E-state index in [1.165, 1.54) is 33.5 Å². The topological polar surface area (TPSA) is 26.8 Å². The van der Waals surface area contributed by atoms with Gasteiger partial charge in [-0.25, -0.2) is 0 Å². The predicted molar refractivity (Wildman–Crippen MR) is 146 cm³/mol. The van der Waals surface area contributed by atoms with Gasteiger partial charge in [-0.15, -0.1) is 0 Å². The van der Waals surface area contributed by atoms with Crippen molar-refractivity contribution in [3.05, 3.63) is 100 Å². The van der Waals surface area contributed by atoms with Gasteiger partial charge >= 0.3 is 0 Å². The van der Waals surface area contributed by atoms with Crippen molar-refractivity contribution < 1.29 is 4.79 Å². The fourth-order valence-electron chi connectivity index (χ4n) is 5.14. The Morgan fingerprint density at radius 2 is 1.43 bits per heavy atom. The van der Waals surface area contributed by atoms with Crippen molar-refractivity contribution >= 4 is 11.6 Å². The SMILES string of the molecule is CC.Cc1ccc(N2CCN(C)CC2)c2c1CCN(C(=O)c1ccc(Cc3ccccc3)cc1)C2. The highest BCUT2D eigenvalue weighted by molar-refractivity contribution is 5.94. The van der Waals surface area contributed by atoms with Crippen LogP contribution in [0.2, 0.25) is 0 Å². The lowest BCUT2D eigenvalue weighted by atomic mass is 9.92. The summed E-state index contributed by atoms with van der Waals surface area (Å²) in [4.78, 5) is 20.3. The number of carbonyl (C=O) groups is 1. The first-order chi connectivity index (χ1) is 17.1. The van der Waals surface area contributed by atoms with Gasteiger partial charge in [0.15, 0.2) is 0 Å². The quantitative estimate of drug-likeness (QED) is 0.500. The monoisotopic (exact) mass is 469 g/mol. The zero-order valence-electron chi connectivity index (χ0n) is 21.8. The van der Waals surface area contributed by atoms with E-state index in [1.807, 2.05) is 36.9 Å². The van der Waals surface area contributed by atoms with Crippen LogP contribution >= 0.6 is 0 Å². The Bertz CT molecular complexity index is 1120. The van der Waals surface area contributed by atoms with Gasteiger partial charge in [0, 0.05) is 50.5 Å². The summed E-state index contributed by atoms with van der Waals surface area (Å²) in [6.45, 7) is 11.9. The minimum Gasteiger partial charge on any atom is -0.369 e. The van der Waals surface area contributed by atoms with E-state index in [2.05, 4.69) is 72.3 Å². The van der Waals surface area contributed by atoms with Gasteiger partial charge in [-0.2, -0.15) is 0 Å². The fourth-order valence-corrected chi connectivity index (χ4v) is 5.14. The molecule has 0 unspecified atom stereocenters. The Morgan fingerprint density at radius 3 is 2.11 bits per heavy atom. The summed E-state index contributed by atoms with van der Waals surface area (Å²) in [6, 6.07) is 23.2. The zero-order valence-corrected chi connectivity index (χ0v) is 21.8. The third-order valence-corrected chi connectivity index (χ3v) is 7.20. The molecule has 0 saturated carbocycles. The highest BCUT2D eigenvalue weighted by atomic mass is 16.2. The van der Waals surface area contributed by atoms with Crippen molar-refractivity contribution in [2.45, 2.75) is 40.2 Å². The number of piperazine rings is 1. The van der Waals surface area contributed by atoms with Gasteiger partial charge in [0.2, 0.25) is 0 Å². The number of carbonyl (C=O) groups excluding carboxylic acids is 1. The van der Waals surface area contributed by atoms with Gasteiger partial charge in [-0.3, -0.25) is 4.79 Å². The van der Waals surface area contributed by atoms with E-state index in [-0.39, 0.29) is 5.91 Å². The van der Waals surface area contributed by atoms with Crippen molar-refractivity contribution in [1.29, 1.82) is 0 Å². The van der Waals surface area contributed by atoms with E-state index in [1.54, 1.807) is 0 Å². The second-order valence-corrected chi connectivity index (χ2v) is 9.49. The number of fused-ring (bicyclic) bond motifs is 1. The molecule has 3 aromatic carbocycles. The molecule has 2 aliphatic rings. The van der Waals surface area contributed by atoms with Gasteiger partial charge in [-0.1, -0.05) is 62.4 Å². The summed E-state index contributed by atoms with van der Waals surface area (Å²) in [5.41, 5.74) is 8.75. The maximum atomic E-state index is 13.4. The first-order valence-corrected chi connectivity index (χ1v) is 13.1. The van der Waals surface area contributed by atoms with E-state index < -0.39 is 0 Å². The number of hydrogen-bond acceptors (Lipinski definition) is 3. The molecule has 1 amide bonds. The van der Waals surface area contributed by atoms with E-state index in [9.17, 15) is 4.79 Å². The molecule has 184 valence electrons. The lowest BCUT2D eigenvalue weighted by Crippen LogP contribution is -2.45. The van der Waals surface area contributed by atoms with Crippen LogP contribution in [0.3, 0.4) is 0 Å². The standard InChI is InChI=1S/C29H33N3O.C2H6/c1-22-8-13-28(31-18-16-30(2)17-19-31)27-21-32(15-14-26(22)27)29(33)25-11-9-24(10-12-25)20-23-6-4-3-5-7-23;1-2/h3-13H,14-21H2,1-2H3;1-2H3. The predicted octanol–water partition coefficient (Wildman–Crippen LogP) is 5.56. The third kappa shape index (κ3) is 5.76. The molecule has 3 aromatic rings. The maximum Gasteiger partial charge on any atom is 0.254 e. The number of nitrogens with zero attached hydrogens (tertiary/aromatic N) is 3. The number of likely N-dealkylation sites (N-methyl/N-ethyl adjacent to an activating group) is 1. The number of anilines is 1. The highest BCUT2D eigenvalue weighted by Gasteiger charge is 2.27. The first-order valence-electron chi connectivity index (χ1n) is 13.1. The Kier molecular flexibility index (Phi) is 8.25. The molecule has 4 heteroatoms. The van der Waals surface area contributed by atoms with Crippen LogP contribution in [-0.2, 0) is 19.4 Å². The highest BCUT2D eigenvalue weighted by Crippen LogP contribution is 2.32. The molecule has 4 nitrogen and oxygen atoms in total. The largest absolute Gasteiger partial charge is 0.369 e. The van der Waals surface area contributed by atoms with Crippen LogP contribution in [0.15, 0.2) is 66.7 Å². The van der Waals surface area contributed by atoms with E-state index in [4.69, 9.17) is 0 Å². The molecule has 0 aromatic heterocycles. The second-order valence-electron chi connectivity index (χ2n) is 9.49. The number of hydrogen-bond donors (Lipinski definition) is 0. The second kappa shape index (κ2) is 11.5. The lowest BCUT2D eigenvalue weighted by molar-refractivity contribution is 0.0734. The summed E-state index contributed by atoms with van der Waals surface area (Å²) in [5, 5.41) is 0. The van der Waals surface area contributed by atoms with Crippen molar-refractivity contribution in [2.75, 3.05) is 44.7 Å². The minimum absolute atomic E-state index is 0.137. The van der Waals surface area contributed by atoms with Crippen LogP contribution in [-0.4, -0.2) is 55.5 Å². The lowest BCUT2D eigenvalue weighted by Gasteiger charge is -2.38. The average molecular weight is 470 g/mol. The normalized spacial score (nSPS) is 15.8. The Hall–Kier alpha value is -3.11. The van der Waals surface area contributed by atoms with Crippen LogP contribution < -0.4 is 4.90 Å². The van der Waals surface area contributed by atoms with Crippen molar-refractivity contribution in [3.63, 3.8) is 0 Å². The molecular weight excluding hydrogens is 430 g/mol. The smallest absolute Gasteiger partial charge is 0.254 e. The molecule has 2 aliphatic heterocycles. The summed E-state index contributed by atoms with van der Waals surface area (Å²) < 4.78 is 0. The number of aryl methyl sites for hydroxylation is 1. The fraction of sp³-hybridized carbons (Fsp3) is 0.387. The van der Waals surface area contributed by atoms with E-state index in [0.29, 0.717) is 6.54 Å². The molecule has 0 atom stereocenters. The number of rotatable bonds is 4. The summed E-state index contributed by atoms with van der Waals surface area (Å²) in [6.07, 6.45) is 1.82. The molecule has 1 saturated heterocycles. The minimum atomic E-state index is 0.137. The Labute approximate surface area is 211 Å². The number of amides is 1. The van der Waals surface area contributed by atoms with Gasteiger partial charge in [0.25, 0.3) is 5.91 Å². The summed E-state index contributed by atoms with van der Waals surface area (Å²) in [7, 11) is 2.19. The van der Waals surface area contributed by atoms with E-state index in [0.717, 1.165) is 51.1 Å². The molecule has 0 spiro atoms. The zero-order chi connectivity index (χ0) is 24.8. The summed E-state index contributed by atoms with van der Waals surface area (Å²) >= 11 is 0. The van der Waals surface area contributed by atoms with Crippen LogP contribution in [0.5, 0.6) is 0 Å². The Balaban J connectivity index is 0.00000141. The van der Waals surface area contributed by atoms with Gasteiger partial charge in [0.1, 0.15) is 0 Å². The van der Waals surface area contributed by atoms with Crippen molar-refractivity contribution in [1.82, 2.24) is 9.80 Å². The number of benzene rings is 3. The maximum absolute atomic E-state index is 13.4. The van der Waals surface area contributed by atoms with Crippen molar-refractivity contribution in [3.8, 4) is 0 Å². The molecule has 5 rings (SSSR count). The Morgan fingerprint density at radius 1 is 0.771 bits per heavy atom. The molecule has 2 heterocycles. The van der Waals surface area contributed by atoms with Gasteiger partial charge in [-0.05, 0) is 72.8 Å². The third-order valence-electron chi connectivity index (χ3n) is 7.20. The first kappa shape index (κ1) is 25.0. The van der Waals surface area contributed by atoms with Crippen LogP contribution in [0.4, 0.5) is 5.69 Å². The molecule has 0 aliphatic carbocycles. The summed E-state index contributed by atoms with van der Waals surface area (Å²) in [5.74, 6) is 0.137. The van der Waals surface area contributed by atoms with Gasteiger partial charge < -0.3 is 14.7 Å². The van der Waals surface area contributed by atoms with Gasteiger partial charge in [0.05, 0.1) is 0 Å². The molecule has 0 N–H and O–H groups in total. The molecule has 35 heavy (non-hydrogen) atoms. The average Bonchev–Trinajstić information content (AvgIpc) is 2.91. The van der Waals surface area contributed by atoms with Crippen LogP contribution in [0.25, 0.3) is 0 Å².